The van der Waals surface area contributed by atoms with Gasteiger partial charge < -0.3 is 9.64 Å². The highest BCUT2D eigenvalue weighted by Gasteiger charge is 2.26. The summed E-state index contributed by atoms with van der Waals surface area (Å²) >= 11 is 0. The number of rotatable bonds is 7. The van der Waals surface area contributed by atoms with Crippen molar-refractivity contribution in [2.75, 3.05) is 20.7 Å². The third kappa shape index (κ3) is 4.70. The number of hydrogen-bond acceptors (Lipinski definition) is 4. The van der Waals surface area contributed by atoms with E-state index < -0.39 is 5.92 Å². The molecule has 138 valence electrons. The van der Waals surface area contributed by atoms with Gasteiger partial charge >= 0.3 is 0 Å². The molecule has 1 amide bonds. The summed E-state index contributed by atoms with van der Waals surface area (Å²) in [6.07, 6.45) is 6.04. The topological polar surface area (TPSA) is 55.3 Å². The Morgan fingerprint density at radius 3 is 2.41 bits per heavy atom. The summed E-state index contributed by atoms with van der Waals surface area (Å²) in [5, 5.41) is 0. The van der Waals surface area contributed by atoms with E-state index in [1.807, 2.05) is 61.6 Å². The lowest BCUT2D eigenvalue weighted by Crippen LogP contribution is -2.34. The van der Waals surface area contributed by atoms with Gasteiger partial charge in [-0.2, -0.15) is 0 Å². The van der Waals surface area contributed by atoms with Crippen molar-refractivity contribution in [2.24, 2.45) is 0 Å². The van der Waals surface area contributed by atoms with Crippen LogP contribution in [0.25, 0.3) is 0 Å². The van der Waals surface area contributed by atoms with Crippen molar-refractivity contribution in [2.45, 2.75) is 12.3 Å². The fourth-order valence-corrected chi connectivity index (χ4v) is 2.96. The van der Waals surface area contributed by atoms with Crippen molar-refractivity contribution < 1.29 is 9.53 Å². The standard InChI is InChI=1S/C22H23N3O2/c1-25(16-12-17-10-14-23-15-11-17)22(26)21(20-5-3-4-13-24-20)18-6-8-19(27-2)9-7-18/h3-11,13-15,21H,12,16H2,1-2H3. The molecule has 1 aromatic carbocycles. The molecule has 5 nitrogen and oxygen atoms in total. The molecule has 0 fully saturated rings. The minimum atomic E-state index is -0.445. The monoisotopic (exact) mass is 361 g/mol. The second-order valence-corrected chi connectivity index (χ2v) is 6.33. The van der Waals surface area contributed by atoms with Gasteiger partial charge in [0.15, 0.2) is 0 Å². The molecule has 1 unspecified atom stereocenters. The Hall–Kier alpha value is -3.21. The fourth-order valence-electron chi connectivity index (χ4n) is 2.96. The van der Waals surface area contributed by atoms with Gasteiger partial charge in [-0.25, -0.2) is 0 Å². The molecule has 0 radical (unpaired) electrons. The molecule has 27 heavy (non-hydrogen) atoms. The van der Waals surface area contributed by atoms with Crippen LogP contribution in [0.5, 0.6) is 5.75 Å². The van der Waals surface area contributed by atoms with E-state index in [4.69, 9.17) is 4.74 Å². The normalized spacial score (nSPS) is 11.6. The molecule has 0 saturated heterocycles. The third-order valence-corrected chi connectivity index (χ3v) is 4.54. The van der Waals surface area contributed by atoms with Crippen LogP contribution in [0.4, 0.5) is 0 Å². The Morgan fingerprint density at radius 1 is 1.04 bits per heavy atom. The number of nitrogens with zero attached hydrogens (tertiary/aromatic N) is 3. The van der Waals surface area contributed by atoms with Crippen molar-refractivity contribution in [3.63, 3.8) is 0 Å². The smallest absolute Gasteiger partial charge is 0.235 e. The molecule has 2 heterocycles. The highest BCUT2D eigenvalue weighted by molar-refractivity contribution is 5.86. The Bertz CT molecular complexity index is 852. The molecule has 3 rings (SSSR count). The predicted molar refractivity (Wildman–Crippen MR) is 105 cm³/mol. The summed E-state index contributed by atoms with van der Waals surface area (Å²) in [5.74, 6) is 0.337. The van der Waals surface area contributed by atoms with Crippen LogP contribution < -0.4 is 4.74 Å². The van der Waals surface area contributed by atoms with Gasteiger partial charge in [0.1, 0.15) is 11.7 Å². The van der Waals surface area contributed by atoms with Crippen molar-refractivity contribution in [1.29, 1.82) is 0 Å². The number of pyridine rings is 2. The van der Waals surface area contributed by atoms with Gasteiger partial charge in [-0.15, -0.1) is 0 Å². The summed E-state index contributed by atoms with van der Waals surface area (Å²) in [5.41, 5.74) is 2.79. The van der Waals surface area contributed by atoms with E-state index in [9.17, 15) is 4.79 Å². The molecule has 3 aromatic rings. The lowest BCUT2D eigenvalue weighted by molar-refractivity contribution is -0.130. The van der Waals surface area contributed by atoms with Gasteiger partial charge in [0.05, 0.1) is 12.8 Å². The van der Waals surface area contributed by atoms with Crippen molar-refractivity contribution in [3.8, 4) is 5.75 Å². The fraction of sp³-hybridized carbons (Fsp3) is 0.227. The van der Waals surface area contributed by atoms with Gasteiger partial charge in [0.25, 0.3) is 0 Å². The van der Waals surface area contributed by atoms with Gasteiger partial charge in [-0.1, -0.05) is 18.2 Å². The first-order valence-electron chi connectivity index (χ1n) is 8.88. The van der Waals surface area contributed by atoms with Crippen LogP contribution in [0.3, 0.4) is 0 Å². The quantitative estimate of drug-likeness (QED) is 0.648. The molecular formula is C22H23N3O2. The number of carbonyl (C=O) groups is 1. The van der Waals surface area contributed by atoms with Crippen LogP contribution in [0.1, 0.15) is 22.7 Å². The van der Waals surface area contributed by atoms with E-state index in [2.05, 4.69) is 9.97 Å². The average Bonchev–Trinajstić information content (AvgIpc) is 2.74. The second kappa shape index (κ2) is 8.94. The van der Waals surface area contributed by atoms with Gasteiger partial charge in [0, 0.05) is 32.2 Å². The number of benzene rings is 1. The molecule has 0 N–H and O–H groups in total. The average molecular weight is 361 g/mol. The number of hydrogen-bond donors (Lipinski definition) is 0. The molecule has 0 aliphatic rings. The molecule has 0 aliphatic heterocycles. The maximum atomic E-state index is 13.3. The summed E-state index contributed by atoms with van der Waals surface area (Å²) in [7, 11) is 3.46. The number of ether oxygens (including phenoxy) is 1. The third-order valence-electron chi connectivity index (χ3n) is 4.54. The Balaban J connectivity index is 1.81. The summed E-state index contributed by atoms with van der Waals surface area (Å²) in [6, 6.07) is 17.2. The van der Waals surface area contributed by atoms with Gasteiger partial charge in [-0.05, 0) is 53.9 Å². The van der Waals surface area contributed by atoms with Crippen LogP contribution in [-0.2, 0) is 11.2 Å². The van der Waals surface area contributed by atoms with E-state index in [0.717, 1.165) is 29.0 Å². The first-order chi connectivity index (χ1) is 13.2. The Labute approximate surface area is 159 Å². The lowest BCUT2D eigenvalue weighted by atomic mass is 9.93. The first-order valence-corrected chi connectivity index (χ1v) is 8.88. The number of likely N-dealkylation sites (N-methyl/N-ethyl adjacent to an activating group) is 1. The lowest BCUT2D eigenvalue weighted by Gasteiger charge is -2.24. The van der Waals surface area contributed by atoms with Crippen LogP contribution in [-0.4, -0.2) is 41.5 Å². The van der Waals surface area contributed by atoms with Crippen LogP contribution >= 0.6 is 0 Å². The van der Waals surface area contributed by atoms with Crippen LogP contribution in [0.2, 0.25) is 0 Å². The molecule has 0 spiro atoms. The van der Waals surface area contributed by atoms with E-state index in [-0.39, 0.29) is 5.91 Å². The van der Waals surface area contributed by atoms with Crippen LogP contribution in [0, 0.1) is 0 Å². The number of amides is 1. The minimum absolute atomic E-state index is 0.0212. The van der Waals surface area contributed by atoms with E-state index in [1.54, 1.807) is 30.6 Å². The van der Waals surface area contributed by atoms with E-state index >= 15 is 0 Å². The highest BCUT2D eigenvalue weighted by Crippen LogP contribution is 2.27. The zero-order valence-electron chi connectivity index (χ0n) is 15.6. The number of aromatic nitrogens is 2. The highest BCUT2D eigenvalue weighted by atomic mass is 16.5. The number of methoxy groups -OCH3 is 1. The van der Waals surface area contributed by atoms with Gasteiger partial charge in [0.2, 0.25) is 5.91 Å². The zero-order valence-corrected chi connectivity index (χ0v) is 15.6. The minimum Gasteiger partial charge on any atom is -0.497 e. The molecular weight excluding hydrogens is 338 g/mol. The molecule has 0 aliphatic carbocycles. The largest absolute Gasteiger partial charge is 0.497 e. The maximum absolute atomic E-state index is 13.3. The molecule has 0 bridgehead atoms. The van der Waals surface area contributed by atoms with Crippen LogP contribution in [0.15, 0.2) is 73.2 Å². The zero-order chi connectivity index (χ0) is 19.1. The summed E-state index contributed by atoms with van der Waals surface area (Å²) in [6.45, 7) is 0.627. The predicted octanol–water partition coefficient (Wildman–Crippen LogP) is 3.32. The SMILES string of the molecule is COc1ccc(C(C(=O)N(C)CCc2ccncc2)c2ccccn2)cc1. The van der Waals surface area contributed by atoms with Crippen molar-refractivity contribution >= 4 is 5.91 Å². The summed E-state index contributed by atoms with van der Waals surface area (Å²) in [4.78, 5) is 23.5. The van der Waals surface area contributed by atoms with Crippen molar-refractivity contribution in [3.05, 3.63) is 90.0 Å². The van der Waals surface area contributed by atoms with E-state index in [1.165, 1.54) is 0 Å². The summed E-state index contributed by atoms with van der Waals surface area (Å²) < 4.78 is 5.23. The maximum Gasteiger partial charge on any atom is 0.235 e. The van der Waals surface area contributed by atoms with E-state index in [0.29, 0.717) is 6.54 Å². The van der Waals surface area contributed by atoms with Crippen molar-refractivity contribution in [1.82, 2.24) is 14.9 Å². The Morgan fingerprint density at radius 2 is 1.78 bits per heavy atom. The van der Waals surface area contributed by atoms with Gasteiger partial charge in [-0.3, -0.25) is 14.8 Å². The Kier molecular flexibility index (Phi) is 6.15. The second-order valence-electron chi connectivity index (χ2n) is 6.33. The first kappa shape index (κ1) is 18.6. The molecule has 5 heteroatoms. The molecule has 2 aromatic heterocycles. The number of carbonyl (C=O) groups excluding carboxylic acids is 1. The molecule has 1 atom stereocenters. The molecule has 0 saturated carbocycles.